The Balaban J connectivity index is 2.09. The molecule has 4 nitrogen and oxygen atoms in total. The molecular weight excluding hydrogens is 285 g/mol. The van der Waals surface area contributed by atoms with Gasteiger partial charge in [-0.1, -0.05) is 18.9 Å². The lowest BCUT2D eigenvalue weighted by atomic mass is 10.0. The molecule has 1 N–H and O–H groups in total. The number of nitrogens with zero attached hydrogens (tertiary/aromatic N) is 1. The number of aryl methyl sites for hydroxylation is 1. The van der Waals surface area contributed by atoms with Crippen LogP contribution in [0.2, 0.25) is 0 Å². The van der Waals surface area contributed by atoms with Gasteiger partial charge in [0, 0.05) is 12.6 Å². The number of aliphatic hydroxyl groups is 1. The van der Waals surface area contributed by atoms with Gasteiger partial charge in [0.05, 0.1) is 19.8 Å². The molecule has 1 fully saturated rings. The molecule has 0 saturated heterocycles. The van der Waals surface area contributed by atoms with Crippen LogP contribution in [0.25, 0.3) is 0 Å². The molecule has 1 aromatic rings. The quantitative estimate of drug-likeness (QED) is 0.821. The summed E-state index contributed by atoms with van der Waals surface area (Å²) < 4.78 is 17.9. The van der Waals surface area contributed by atoms with Crippen LogP contribution in [0, 0.1) is 12.7 Å². The van der Waals surface area contributed by atoms with E-state index in [-0.39, 0.29) is 18.3 Å². The van der Waals surface area contributed by atoms with Crippen LogP contribution in [0.15, 0.2) is 18.2 Å². The highest BCUT2D eigenvalue weighted by Gasteiger charge is 2.27. The van der Waals surface area contributed by atoms with Crippen LogP contribution in [-0.2, 0) is 9.53 Å². The van der Waals surface area contributed by atoms with E-state index in [0.717, 1.165) is 31.2 Å². The van der Waals surface area contributed by atoms with Crippen molar-refractivity contribution in [1.82, 2.24) is 4.90 Å². The number of methoxy groups -OCH3 is 1. The fraction of sp³-hybridized carbons (Fsp3) is 0.588. The molecule has 0 heterocycles. The average molecular weight is 309 g/mol. The second kappa shape index (κ2) is 7.70. The molecule has 0 radical (unpaired) electrons. The lowest BCUT2D eigenvalue weighted by molar-refractivity contribution is -0.142. The Kier molecular flexibility index (Phi) is 5.91. The van der Waals surface area contributed by atoms with Gasteiger partial charge in [-0.25, -0.2) is 4.39 Å². The molecule has 1 aromatic carbocycles. The number of ether oxygens (including phenoxy) is 1. The monoisotopic (exact) mass is 309 g/mol. The van der Waals surface area contributed by atoms with Gasteiger partial charge in [-0.15, -0.1) is 0 Å². The van der Waals surface area contributed by atoms with Gasteiger partial charge in [-0.2, -0.15) is 0 Å². The van der Waals surface area contributed by atoms with Gasteiger partial charge in [-0.3, -0.25) is 9.69 Å². The third-order valence-electron chi connectivity index (χ3n) is 4.40. The number of hydrogen-bond donors (Lipinski definition) is 1. The van der Waals surface area contributed by atoms with E-state index in [4.69, 9.17) is 4.74 Å². The molecule has 0 bridgehead atoms. The summed E-state index contributed by atoms with van der Waals surface area (Å²) in [7, 11) is 1.37. The summed E-state index contributed by atoms with van der Waals surface area (Å²) in [5.41, 5.74) is 1.42. The summed E-state index contributed by atoms with van der Waals surface area (Å²) in [6, 6.07) is 4.68. The number of benzene rings is 1. The Bertz CT molecular complexity index is 515. The van der Waals surface area contributed by atoms with Gasteiger partial charge in [0.2, 0.25) is 0 Å². The van der Waals surface area contributed by atoms with Crippen LogP contribution in [0.3, 0.4) is 0 Å². The number of halogens is 1. The number of esters is 1. The molecule has 1 saturated carbocycles. The molecule has 1 aliphatic rings. The van der Waals surface area contributed by atoms with E-state index in [9.17, 15) is 14.3 Å². The molecule has 2 rings (SSSR count). The molecule has 1 aliphatic carbocycles. The number of carbonyl (C=O) groups excluding carboxylic acids is 1. The van der Waals surface area contributed by atoms with Crippen molar-refractivity contribution < 1.29 is 19.0 Å². The predicted octanol–water partition coefficient (Wildman–Crippen LogP) is 2.59. The van der Waals surface area contributed by atoms with Crippen LogP contribution >= 0.6 is 0 Å². The normalized spacial score (nSPS) is 17.0. The fourth-order valence-corrected chi connectivity index (χ4v) is 3.18. The SMILES string of the molecule is COC(=O)CN(CC(O)c1ccc(F)cc1C)C1CCCC1. The van der Waals surface area contributed by atoms with Gasteiger partial charge >= 0.3 is 5.97 Å². The molecule has 5 heteroatoms. The lowest BCUT2D eigenvalue weighted by Crippen LogP contribution is -2.40. The third-order valence-corrected chi connectivity index (χ3v) is 4.40. The second-order valence-electron chi connectivity index (χ2n) is 5.96. The number of hydrogen-bond acceptors (Lipinski definition) is 4. The highest BCUT2D eigenvalue weighted by Crippen LogP contribution is 2.26. The molecule has 22 heavy (non-hydrogen) atoms. The minimum absolute atomic E-state index is 0.179. The van der Waals surface area contributed by atoms with Gasteiger partial charge < -0.3 is 9.84 Å². The van der Waals surface area contributed by atoms with Crippen LogP contribution in [-0.4, -0.2) is 42.2 Å². The van der Waals surface area contributed by atoms with Crippen molar-refractivity contribution in [3.8, 4) is 0 Å². The Labute approximate surface area is 130 Å². The van der Waals surface area contributed by atoms with Gasteiger partial charge in [-0.05, 0) is 43.0 Å². The smallest absolute Gasteiger partial charge is 0.319 e. The Morgan fingerprint density at radius 1 is 1.45 bits per heavy atom. The average Bonchev–Trinajstić information content (AvgIpc) is 3.00. The van der Waals surface area contributed by atoms with E-state index in [2.05, 4.69) is 0 Å². The van der Waals surface area contributed by atoms with Crippen molar-refractivity contribution in [2.75, 3.05) is 20.2 Å². The van der Waals surface area contributed by atoms with Crippen LogP contribution in [0.5, 0.6) is 0 Å². The highest BCUT2D eigenvalue weighted by molar-refractivity contribution is 5.71. The molecular formula is C17H24FNO3. The summed E-state index contributed by atoms with van der Waals surface area (Å²) in [4.78, 5) is 13.6. The van der Waals surface area contributed by atoms with Crippen molar-refractivity contribution in [3.05, 3.63) is 35.1 Å². The number of aliphatic hydroxyl groups excluding tert-OH is 1. The predicted molar refractivity (Wildman–Crippen MR) is 81.9 cm³/mol. The Hall–Kier alpha value is -1.46. The van der Waals surface area contributed by atoms with Crippen LogP contribution < -0.4 is 0 Å². The van der Waals surface area contributed by atoms with Crippen LogP contribution in [0.4, 0.5) is 4.39 Å². The summed E-state index contributed by atoms with van der Waals surface area (Å²) >= 11 is 0. The van der Waals surface area contributed by atoms with Crippen molar-refractivity contribution >= 4 is 5.97 Å². The van der Waals surface area contributed by atoms with Crippen LogP contribution in [0.1, 0.15) is 42.9 Å². The van der Waals surface area contributed by atoms with E-state index in [1.165, 1.54) is 19.2 Å². The number of rotatable bonds is 6. The largest absolute Gasteiger partial charge is 0.468 e. The second-order valence-corrected chi connectivity index (χ2v) is 5.96. The van der Waals surface area contributed by atoms with E-state index in [0.29, 0.717) is 18.2 Å². The van der Waals surface area contributed by atoms with Crippen molar-refractivity contribution in [2.45, 2.75) is 44.8 Å². The summed E-state index contributed by atoms with van der Waals surface area (Å²) in [6.07, 6.45) is 3.62. The minimum Gasteiger partial charge on any atom is -0.468 e. The Morgan fingerprint density at radius 2 is 2.14 bits per heavy atom. The minimum atomic E-state index is -0.745. The summed E-state index contributed by atoms with van der Waals surface area (Å²) in [6.45, 7) is 2.31. The maximum absolute atomic E-state index is 13.2. The lowest BCUT2D eigenvalue weighted by Gasteiger charge is -2.30. The molecule has 1 atom stereocenters. The summed E-state index contributed by atoms with van der Waals surface area (Å²) in [5, 5.41) is 10.5. The first kappa shape index (κ1) is 16.9. The van der Waals surface area contributed by atoms with E-state index in [1.54, 1.807) is 13.0 Å². The topological polar surface area (TPSA) is 49.8 Å². The maximum Gasteiger partial charge on any atom is 0.319 e. The standard InChI is InChI=1S/C17H24FNO3/c1-12-9-13(18)7-8-15(12)16(20)10-19(11-17(21)22-2)14-5-3-4-6-14/h7-9,14,16,20H,3-6,10-11H2,1-2H3. The first-order valence-corrected chi connectivity index (χ1v) is 7.76. The van der Waals surface area contributed by atoms with E-state index < -0.39 is 6.10 Å². The zero-order valence-electron chi connectivity index (χ0n) is 13.2. The fourth-order valence-electron chi connectivity index (χ4n) is 3.18. The third kappa shape index (κ3) is 4.27. The van der Waals surface area contributed by atoms with E-state index in [1.807, 2.05) is 4.90 Å². The molecule has 0 aromatic heterocycles. The van der Waals surface area contributed by atoms with Crippen molar-refractivity contribution in [2.24, 2.45) is 0 Å². The number of carbonyl (C=O) groups is 1. The molecule has 122 valence electrons. The first-order valence-electron chi connectivity index (χ1n) is 7.76. The van der Waals surface area contributed by atoms with Crippen molar-refractivity contribution in [1.29, 1.82) is 0 Å². The van der Waals surface area contributed by atoms with Gasteiger partial charge in [0.15, 0.2) is 0 Å². The zero-order valence-corrected chi connectivity index (χ0v) is 13.2. The maximum atomic E-state index is 13.2. The Morgan fingerprint density at radius 3 is 2.73 bits per heavy atom. The molecule has 0 amide bonds. The molecule has 0 aliphatic heterocycles. The van der Waals surface area contributed by atoms with Gasteiger partial charge in [0.25, 0.3) is 0 Å². The molecule has 1 unspecified atom stereocenters. The first-order chi connectivity index (χ1) is 10.5. The van der Waals surface area contributed by atoms with E-state index >= 15 is 0 Å². The zero-order chi connectivity index (χ0) is 16.1. The van der Waals surface area contributed by atoms with Crippen molar-refractivity contribution in [3.63, 3.8) is 0 Å². The highest BCUT2D eigenvalue weighted by atomic mass is 19.1. The van der Waals surface area contributed by atoms with Gasteiger partial charge in [0.1, 0.15) is 5.82 Å². The summed E-state index contributed by atoms with van der Waals surface area (Å²) in [5.74, 6) is -0.606. The molecule has 0 spiro atoms.